The predicted molar refractivity (Wildman–Crippen MR) is 112 cm³/mol. The highest BCUT2D eigenvalue weighted by molar-refractivity contribution is 7.90. The molecular formula is C21H20FNO4S2. The molecule has 1 heterocycles. The second-order valence-electron chi connectivity index (χ2n) is 6.82. The summed E-state index contributed by atoms with van der Waals surface area (Å²) in [7, 11) is -3.59. The number of rotatable bonds is 6. The van der Waals surface area contributed by atoms with Crippen molar-refractivity contribution >= 4 is 32.1 Å². The van der Waals surface area contributed by atoms with Crippen molar-refractivity contribution in [1.82, 2.24) is 0 Å². The highest BCUT2D eigenvalue weighted by Gasteiger charge is 2.16. The minimum atomic E-state index is -3.59. The minimum absolute atomic E-state index is 0.0243. The molecule has 5 nitrogen and oxygen atoms in total. The zero-order valence-electron chi connectivity index (χ0n) is 15.8. The van der Waals surface area contributed by atoms with E-state index in [0.29, 0.717) is 10.6 Å². The first-order valence-corrected chi connectivity index (χ1v) is 11.6. The molecule has 0 saturated carbocycles. The molecule has 0 spiro atoms. The fourth-order valence-electron chi connectivity index (χ4n) is 2.92. The Balaban J connectivity index is 1.68. The van der Waals surface area contributed by atoms with Gasteiger partial charge in [0.05, 0.1) is 11.4 Å². The number of carbonyl (C=O) groups excluding carboxylic acids is 1. The molecule has 0 aliphatic carbocycles. The highest BCUT2D eigenvalue weighted by Crippen LogP contribution is 2.31. The molecule has 0 radical (unpaired) electrons. The van der Waals surface area contributed by atoms with E-state index in [1.807, 2.05) is 18.4 Å². The molecule has 0 fully saturated rings. The second kappa shape index (κ2) is 8.34. The summed E-state index contributed by atoms with van der Waals surface area (Å²) in [5.41, 5.74) is 2.46. The SMILES string of the molecule is CC(c1ccc(F)cc1)c1csc(NC(=O)Cc2ccc(O)c(S(C)(=O)=O)c2)c1. The van der Waals surface area contributed by atoms with Crippen LogP contribution in [-0.4, -0.2) is 25.7 Å². The number of benzene rings is 2. The number of amides is 1. The van der Waals surface area contributed by atoms with Crippen molar-refractivity contribution < 1.29 is 22.7 Å². The third kappa shape index (κ3) is 5.21. The molecule has 1 aromatic heterocycles. The summed E-state index contributed by atoms with van der Waals surface area (Å²) < 4.78 is 36.5. The summed E-state index contributed by atoms with van der Waals surface area (Å²) in [6, 6.07) is 12.3. The van der Waals surface area contributed by atoms with Gasteiger partial charge in [-0.2, -0.15) is 0 Å². The summed E-state index contributed by atoms with van der Waals surface area (Å²) in [6.45, 7) is 2.00. The third-order valence-corrected chi connectivity index (χ3v) is 6.53. The summed E-state index contributed by atoms with van der Waals surface area (Å²) in [5.74, 6) is -0.869. The zero-order chi connectivity index (χ0) is 21.2. The third-order valence-electron chi connectivity index (χ3n) is 4.54. The molecule has 2 N–H and O–H groups in total. The number of sulfone groups is 1. The number of thiophene rings is 1. The van der Waals surface area contributed by atoms with Gasteiger partial charge in [-0.05, 0) is 52.4 Å². The number of phenols is 1. The van der Waals surface area contributed by atoms with E-state index in [-0.39, 0.29) is 34.7 Å². The van der Waals surface area contributed by atoms with Gasteiger partial charge >= 0.3 is 0 Å². The van der Waals surface area contributed by atoms with Crippen LogP contribution in [0.5, 0.6) is 5.75 Å². The number of phenolic OH excluding ortho intramolecular Hbond substituents is 1. The van der Waals surface area contributed by atoms with E-state index in [1.54, 1.807) is 12.1 Å². The van der Waals surface area contributed by atoms with Crippen molar-refractivity contribution in [3.05, 3.63) is 76.4 Å². The Morgan fingerprint density at radius 1 is 1.14 bits per heavy atom. The van der Waals surface area contributed by atoms with Crippen LogP contribution >= 0.6 is 11.3 Å². The van der Waals surface area contributed by atoms with Gasteiger partial charge in [-0.3, -0.25) is 4.79 Å². The maximum Gasteiger partial charge on any atom is 0.229 e. The largest absolute Gasteiger partial charge is 0.507 e. The predicted octanol–water partition coefficient (Wildman–Crippen LogP) is 4.33. The molecule has 1 unspecified atom stereocenters. The molecule has 3 rings (SSSR count). The number of hydrogen-bond acceptors (Lipinski definition) is 5. The average Bonchev–Trinajstić information content (AvgIpc) is 3.10. The van der Waals surface area contributed by atoms with Gasteiger partial charge in [-0.25, -0.2) is 12.8 Å². The van der Waals surface area contributed by atoms with Crippen LogP contribution < -0.4 is 5.32 Å². The molecule has 3 aromatic rings. The molecule has 152 valence electrons. The van der Waals surface area contributed by atoms with Gasteiger partial charge in [-0.15, -0.1) is 11.3 Å². The van der Waals surface area contributed by atoms with Crippen LogP contribution in [-0.2, 0) is 21.1 Å². The summed E-state index contributed by atoms with van der Waals surface area (Å²) in [5, 5.41) is 15.1. The van der Waals surface area contributed by atoms with Crippen LogP contribution in [0.2, 0.25) is 0 Å². The Kier molecular flexibility index (Phi) is 6.04. The quantitative estimate of drug-likeness (QED) is 0.606. The molecule has 29 heavy (non-hydrogen) atoms. The summed E-state index contributed by atoms with van der Waals surface area (Å²) >= 11 is 1.38. The van der Waals surface area contributed by atoms with Crippen molar-refractivity contribution in [2.45, 2.75) is 24.2 Å². The van der Waals surface area contributed by atoms with Gasteiger partial charge in [0.15, 0.2) is 9.84 Å². The molecular weight excluding hydrogens is 413 g/mol. The van der Waals surface area contributed by atoms with Crippen molar-refractivity contribution in [2.24, 2.45) is 0 Å². The number of anilines is 1. The molecule has 1 atom stereocenters. The summed E-state index contributed by atoms with van der Waals surface area (Å²) in [4.78, 5) is 12.2. The van der Waals surface area contributed by atoms with E-state index < -0.39 is 9.84 Å². The second-order valence-corrected chi connectivity index (χ2v) is 9.71. The maximum atomic E-state index is 13.1. The molecule has 0 saturated heterocycles. The van der Waals surface area contributed by atoms with Gasteiger partial charge < -0.3 is 10.4 Å². The lowest BCUT2D eigenvalue weighted by Gasteiger charge is -2.10. The van der Waals surface area contributed by atoms with E-state index in [9.17, 15) is 22.7 Å². The van der Waals surface area contributed by atoms with E-state index >= 15 is 0 Å². The van der Waals surface area contributed by atoms with Crippen LogP contribution in [0.3, 0.4) is 0 Å². The van der Waals surface area contributed by atoms with Crippen LogP contribution in [0.25, 0.3) is 0 Å². The van der Waals surface area contributed by atoms with Gasteiger partial charge in [0.2, 0.25) is 5.91 Å². The van der Waals surface area contributed by atoms with Crippen LogP contribution in [0, 0.1) is 5.82 Å². The number of carbonyl (C=O) groups is 1. The Labute approximate surface area is 172 Å². The monoisotopic (exact) mass is 433 g/mol. The standard InChI is InChI=1S/C21H20FNO4S2/c1-13(15-4-6-17(22)7-5-15)16-11-21(28-12-16)23-20(25)10-14-3-8-18(24)19(9-14)29(2,26)27/h3-9,11-13,24H,10H2,1-2H3,(H,23,25). The maximum absolute atomic E-state index is 13.1. The number of halogens is 1. The molecule has 8 heteroatoms. The van der Waals surface area contributed by atoms with Gasteiger partial charge in [0, 0.05) is 12.2 Å². The fourth-order valence-corrected chi connectivity index (χ4v) is 4.65. The van der Waals surface area contributed by atoms with Gasteiger partial charge in [-0.1, -0.05) is 25.1 Å². The van der Waals surface area contributed by atoms with Crippen molar-refractivity contribution in [3.8, 4) is 5.75 Å². The van der Waals surface area contributed by atoms with Crippen molar-refractivity contribution in [2.75, 3.05) is 11.6 Å². The topological polar surface area (TPSA) is 83.5 Å². The first kappa shape index (κ1) is 21.0. The first-order valence-electron chi connectivity index (χ1n) is 8.79. The molecule has 0 aliphatic rings. The molecule has 0 bridgehead atoms. The smallest absolute Gasteiger partial charge is 0.229 e. The molecule has 2 aromatic carbocycles. The lowest BCUT2D eigenvalue weighted by Crippen LogP contribution is -2.14. The lowest BCUT2D eigenvalue weighted by molar-refractivity contribution is -0.115. The minimum Gasteiger partial charge on any atom is -0.507 e. The Bertz CT molecular complexity index is 1140. The van der Waals surface area contributed by atoms with E-state index in [2.05, 4.69) is 5.32 Å². The first-order chi connectivity index (χ1) is 13.6. The van der Waals surface area contributed by atoms with E-state index in [0.717, 1.165) is 17.4 Å². The molecule has 0 aliphatic heterocycles. The van der Waals surface area contributed by atoms with Crippen molar-refractivity contribution in [1.29, 1.82) is 0 Å². The Morgan fingerprint density at radius 3 is 2.48 bits per heavy atom. The van der Waals surface area contributed by atoms with E-state index in [1.165, 1.54) is 41.7 Å². The van der Waals surface area contributed by atoms with Gasteiger partial charge in [0.25, 0.3) is 0 Å². The van der Waals surface area contributed by atoms with Crippen LogP contribution in [0.1, 0.15) is 29.5 Å². The lowest BCUT2D eigenvalue weighted by atomic mass is 9.95. The zero-order valence-corrected chi connectivity index (χ0v) is 17.5. The number of aromatic hydroxyl groups is 1. The normalized spacial score (nSPS) is 12.5. The number of hydrogen-bond donors (Lipinski definition) is 2. The van der Waals surface area contributed by atoms with Gasteiger partial charge in [0.1, 0.15) is 16.5 Å². The number of nitrogens with one attached hydrogen (secondary N) is 1. The van der Waals surface area contributed by atoms with Crippen LogP contribution in [0.4, 0.5) is 9.39 Å². The highest BCUT2D eigenvalue weighted by atomic mass is 32.2. The molecule has 1 amide bonds. The Hall–Kier alpha value is -2.71. The fraction of sp³-hybridized carbons (Fsp3) is 0.190. The van der Waals surface area contributed by atoms with Crippen LogP contribution in [0.15, 0.2) is 58.8 Å². The Morgan fingerprint density at radius 2 is 1.83 bits per heavy atom. The summed E-state index contributed by atoms with van der Waals surface area (Å²) in [6.07, 6.45) is 0.977. The van der Waals surface area contributed by atoms with Crippen molar-refractivity contribution in [3.63, 3.8) is 0 Å². The van der Waals surface area contributed by atoms with E-state index in [4.69, 9.17) is 0 Å². The average molecular weight is 434 g/mol.